The monoisotopic (exact) mass is 724 g/mol. The van der Waals surface area contributed by atoms with Gasteiger partial charge in [-0.2, -0.15) is 0 Å². The number of carbonyl (C=O) groups is 1. The van der Waals surface area contributed by atoms with Crippen molar-refractivity contribution in [3.05, 3.63) is 70.3 Å². The molecule has 50 heavy (non-hydrogen) atoms. The first-order chi connectivity index (χ1) is 24.0. The van der Waals surface area contributed by atoms with Gasteiger partial charge in [-0.25, -0.2) is 13.1 Å². The first-order valence-electron chi connectivity index (χ1n) is 18.5. The lowest BCUT2D eigenvalue weighted by atomic mass is 9.63. The highest BCUT2D eigenvalue weighted by Gasteiger charge is 2.50. The highest BCUT2D eigenvalue weighted by molar-refractivity contribution is 7.89. The summed E-state index contributed by atoms with van der Waals surface area (Å²) in [5.41, 5.74) is 3.03. The lowest BCUT2D eigenvalue weighted by Crippen LogP contribution is -2.61. The van der Waals surface area contributed by atoms with Crippen LogP contribution in [0.15, 0.2) is 48.6 Å². The Morgan fingerprint density at radius 2 is 1.98 bits per heavy atom. The maximum absolute atomic E-state index is 13.1. The number of anilines is 1. The Bertz CT molecular complexity index is 1720. The molecular formula is C39H53ClN4O5S. The summed E-state index contributed by atoms with van der Waals surface area (Å²) in [5.74, 6) is 0.752. The summed E-state index contributed by atoms with van der Waals surface area (Å²) in [6.45, 7) is 9.52. The summed E-state index contributed by atoms with van der Waals surface area (Å²) in [5, 5.41) is 0.749. The van der Waals surface area contributed by atoms with E-state index in [1.54, 1.807) is 6.07 Å². The average molecular weight is 725 g/mol. The lowest BCUT2D eigenvalue weighted by molar-refractivity contribution is -0.1000. The van der Waals surface area contributed by atoms with Gasteiger partial charge in [-0.05, 0) is 112 Å². The minimum Gasteiger partial charge on any atom is -0.490 e. The smallest absolute Gasteiger partial charge is 0.264 e. The third-order valence-electron chi connectivity index (χ3n) is 12.3. The second-order valence-corrected chi connectivity index (χ2v) is 17.7. The maximum Gasteiger partial charge on any atom is 0.264 e. The van der Waals surface area contributed by atoms with E-state index < -0.39 is 21.5 Å². The van der Waals surface area contributed by atoms with Gasteiger partial charge in [0, 0.05) is 68.4 Å². The first kappa shape index (κ1) is 35.8. The van der Waals surface area contributed by atoms with E-state index in [0.29, 0.717) is 35.8 Å². The van der Waals surface area contributed by atoms with Crippen molar-refractivity contribution in [2.45, 2.75) is 75.3 Å². The number of sulfonamides is 1. The summed E-state index contributed by atoms with van der Waals surface area (Å²) in [6, 6.07) is 12.2. The zero-order valence-corrected chi connectivity index (χ0v) is 31.4. The number of fused-ring (bicyclic) bond motifs is 4. The Morgan fingerprint density at radius 1 is 1.12 bits per heavy atom. The normalized spacial score (nSPS) is 28.5. The minimum absolute atomic E-state index is 0.257. The van der Waals surface area contributed by atoms with Crippen LogP contribution in [0.1, 0.15) is 73.4 Å². The molecular weight excluding hydrogens is 672 g/mol. The fourth-order valence-corrected chi connectivity index (χ4v) is 10.4. The maximum atomic E-state index is 13.1. The number of benzene rings is 2. The molecule has 1 N–H and O–H groups in total. The van der Waals surface area contributed by atoms with Gasteiger partial charge in [0.2, 0.25) is 10.0 Å². The van der Waals surface area contributed by atoms with Crippen molar-refractivity contribution in [1.82, 2.24) is 14.5 Å². The minimum atomic E-state index is -3.72. The molecule has 3 heterocycles. The Labute approximate surface area is 303 Å². The number of nitrogens with zero attached hydrogens (tertiary/aromatic N) is 3. The van der Waals surface area contributed by atoms with Gasteiger partial charge < -0.3 is 14.4 Å². The molecule has 3 fully saturated rings. The number of hydrogen-bond acceptors (Lipinski definition) is 8. The number of halogens is 1. The van der Waals surface area contributed by atoms with Gasteiger partial charge in [-0.1, -0.05) is 36.2 Å². The zero-order valence-electron chi connectivity index (χ0n) is 29.8. The van der Waals surface area contributed by atoms with Gasteiger partial charge >= 0.3 is 0 Å². The molecule has 3 aliphatic heterocycles. The van der Waals surface area contributed by atoms with Crippen molar-refractivity contribution in [3.8, 4) is 5.75 Å². The largest absolute Gasteiger partial charge is 0.490 e. The number of rotatable bonds is 9. The molecule has 5 atom stereocenters. The second-order valence-electron chi connectivity index (χ2n) is 15.5. The van der Waals surface area contributed by atoms with E-state index in [4.69, 9.17) is 21.1 Å². The van der Waals surface area contributed by atoms with Crippen LogP contribution in [-0.2, 0) is 26.6 Å². The number of amides is 1. The number of nitrogens with one attached hydrogen (secondary N) is 1. The van der Waals surface area contributed by atoms with Gasteiger partial charge in [-0.15, -0.1) is 0 Å². The molecule has 2 aromatic carbocycles. The third kappa shape index (κ3) is 7.20. The zero-order chi connectivity index (χ0) is 35.1. The Morgan fingerprint density at radius 3 is 2.74 bits per heavy atom. The van der Waals surface area contributed by atoms with Crippen LogP contribution in [0.5, 0.6) is 5.75 Å². The standard InChI is InChI=1S/C39H53ClN4O5S/c1-4-16-39(48-2,26-42-19-20-43-18-6-5-9-32(43)24-42)34-13-10-30(34)23-44-25-38(17-7-8-28-21-31(40)12-14-33(28)38)27-49-36-15-11-29(22-35(36)44)37(45)41-50(3,46)47/h4,11-12,14-16,21-22,30,32,34H,5-10,13,17-20,23-27H2,1-3H3,(H,41,45)/b16-4+/t30-,32+,34+,38-,39-/m0/s1. The van der Waals surface area contributed by atoms with Crippen LogP contribution < -0.4 is 14.4 Å². The van der Waals surface area contributed by atoms with Crippen LogP contribution in [0, 0.1) is 11.8 Å². The molecule has 9 nitrogen and oxygen atoms in total. The molecule has 2 aliphatic carbocycles. The molecule has 5 aliphatic rings. The summed E-state index contributed by atoms with van der Waals surface area (Å²) in [4.78, 5) is 20.9. The lowest BCUT2D eigenvalue weighted by Gasteiger charge is -2.53. The summed E-state index contributed by atoms with van der Waals surface area (Å²) < 4.78 is 39.4. The van der Waals surface area contributed by atoms with Gasteiger partial charge in [0.25, 0.3) is 5.91 Å². The average Bonchev–Trinajstić information content (AvgIpc) is 3.22. The molecule has 0 aromatic heterocycles. The van der Waals surface area contributed by atoms with Crippen molar-refractivity contribution >= 4 is 33.2 Å². The highest BCUT2D eigenvalue weighted by atomic mass is 35.5. The van der Waals surface area contributed by atoms with Crippen molar-refractivity contribution in [2.24, 2.45) is 11.8 Å². The van der Waals surface area contributed by atoms with E-state index in [0.717, 1.165) is 88.3 Å². The molecule has 11 heteroatoms. The first-order valence-corrected chi connectivity index (χ1v) is 20.8. The van der Waals surface area contributed by atoms with Crippen LogP contribution in [0.3, 0.4) is 0 Å². The number of hydrogen-bond donors (Lipinski definition) is 1. The van der Waals surface area contributed by atoms with Crippen LogP contribution >= 0.6 is 11.6 Å². The highest BCUT2D eigenvalue weighted by Crippen LogP contribution is 2.49. The van der Waals surface area contributed by atoms with E-state index in [2.05, 4.69) is 50.6 Å². The van der Waals surface area contributed by atoms with Crippen LogP contribution in [0.25, 0.3) is 0 Å². The third-order valence-corrected chi connectivity index (χ3v) is 13.1. The molecule has 0 unspecified atom stereocenters. The Kier molecular flexibility index (Phi) is 10.3. The van der Waals surface area contributed by atoms with Gasteiger partial charge in [0.1, 0.15) is 11.4 Å². The molecule has 1 spiro atoms. The number of ether oxygens (including phenoxy) is 2. The predicted molar refractivity (Wildman–Crippen MR) is 199 cm³/mol. The number of piperidine rings is 1. The second kappa shape index (κ2) is 14.4. The molecule has 0 bridgehead atoms. The van der Waals surface area contributed by atoms with E-state index in [-0.39, 0.29) is 5.41 Å². The van der Waals surface area contributed by atoms with Gasteiger partial charge in [0.15, 0.2) is 0 Å². The van der Waals surface area contributed by atoms with Crippen molar-refractivity contribution in [2.75, 3.05) is 70.7 Å². The number of allylic oxidation sites excluding steroid dienone is 1. The number of piperazine rings is 1. The number of carbonyl (C=O) groups excluding carboxylic acids is 1. The van der Waals surface area contributed by atoms with E-state index in [1.165, 1.54) is 36.9 Å². The molecule has 1 saturated carbocycles. The molecule has 2 saturated heterocycles. The van der Waals surface area contributed by atoms with Crippen LogP contribution in [0.4, 0.5) is 5.69 Å². The SMILES string of the molecule is C/C=C/[C@@](CN1CCN2CCCC[C@@H]2C1)(OC)[C@@H]1CC[C@H]1CN1C[C@@]2(CCCc3cc(Cl)ccc32)COc2ccc(C(=O)NS(C)(=O)=O)cc21. The fraction of sp³-hybridized carbons (Fsp3) is 0.615. The summed E-state index contributed by atoms with van der Waals surface area (Å²) >= 11 is 6.48. The molecule has 272 valence electrons. The number of aryl methyl sites for hydroxylation is 1. The number of methoxy groups -OCH3 is 1. The molecule has 1 amide bonds. The molecule has 7 rings (SSSR count). The van der Waals surface area contributed by atoms with Gasteiger partial charge in [0.05, 0.1) is 18.6 Å². The van der Waals surface area contributed by atoms with Crippen molar-refractivity contribution in [3.63, 3.8) is 0 Å². The molecule has 2 aromatic rings. The van der Waals surface area contributed by atoms with Crippen LogP contribution in [-0.4, -0.2) is 102 Å². The fourth-order valence-electron chi connectivity index (χ4n) is 9.77. The van der Waals surface area contributed by atoms with Crippen LogP contribution in [0.2, 0.25) is 5.02 Å². The Balaban J connectivity index is 1.20. The van der Waals surface area contributed by atoms with Crippen molar-refractivity contribution in [1.29, 1.82) is 0 Å². The van der Waals surface area contributed by atoms with E-state index >= 15 is 0 Å². The Hall–Kier alpha value is -2.63. The summed E-state index contributed by atoms with van der Waals surface area (Å²) in [7, 11) is -1.84. The van der Waals surface area contributed by atoms with Crippen molar-refractivity contribution < 1.29 is 22.7 Å². The molecule has 0 radical (unpaired) electrons. The topological polar surface area (TPSA) is 91.4 Å². The predicted octanol–water partition coefficient (Wildman–Crippen LogP) is 5.66. The van der Waals surface area contributed by atoms with Gasteiger partial charge in [-0.3, -0.25) is 14.6 Å². The van der Waals surface area contributed by atoms with E-state index in [9.17, 15) is 13.2 Å². The summed E-state index contributed by atoms with van der Waals surface area (Å²) in [6.07, 6.45) is 14.6. The van der Waals surface area contributed by atoms with E-state index in [1.807, 2.05) is 25.3 Å². The quantitative estimate of drug-likeness (QED) is 0.332.